The number of amides is 1. The van der Waals surface area contributed by atoms with Crippen molar-refractivity contribution in [2.45, 2.75) is 67.6 Å². The Morgan fingerprint density at radius 3 is 2.43 bits per heavy atom. The maximum absolute atomic E-state index is 14.2. The Labute approximate surface area is 252 Å². The van der Waals surface area contributed by atoms with Crippen LogP contribution in [0.25, 0.3) is 0 Å². The minimum atomic E-state index is -0.171. The SMILES string of the molecule is COc1cc(CN2C[C@H](Sc3ncccn3)C[C@H]2C(=O)N2CCN(C3C4CC5CC(C4)CC3C5)CC2)cc2c1OCO2. The van der Waals surface area contributed by atoms with Gasteiger partial charge in [-0.2, -0.15) is 0 Å². The quantitative estimate of drug-likeness (QED) is 0.445. The van der Waals surface area contributed by atoms with Gasteiger partial charge in [-0.05, 0) is 86.0 Å². The Morgan fingerprint density at radius 1 is 0.976 bits per heavy atom. The van der Waals surface area contributed by atoms with Gasteiger partial charge in [-0.3, -0.25) is 14.6 Å². The largest absolute Gasteiger partial charge is 0.493 e. The number of thioether (sulfide) groups is 1. The minimum Gasteiger partial charge on any atom is -0.493 e. The number of piperazine rings is 1. The summed E-state index contributed by atoms with van der Waals surface area (Å²) in [6.07, 6.45) is 11.6. The molecule has 3 aliphatic heterocycles. The van der Waals surface area contributed by atoms with Crippen LogP contribution >= 0.6 is 11.8 Å². The Balaban J connectivity index is 0.968. The average molecular weight is 592 g/mol. The van der Waals surface area contributed by atoms with Crippen molar-refractivity contribution in [3.05, 3.63) is 36.2 Å². The summed E-state index contributed by atoms with van der Waals surface area (Å²) in [7, 11) is 1.65. The number of methoxy groups -OCH3 is 1. The predicted octanol–water partition coefficient (Wildman–Crippen LogP) is 3.92. The molecule has 4 bridgehead atoms. The van der Waals surface area contributed by atoms with Crippen LogP contribution in [-0.2, 0) is 11.3 Å². The molecule has 10 heteroatoms. The standard InChI is InChI=1S/C32H41N5O4S/c1-39-27-14-22(15-28-30(27)41-19-40-28)17-37-18-25(42-32-33-3-2-4-34-32)16-26(37)31(38)36-7-5-35(6-8-36)29-23-10-20-9-21(12-23)13-24(29)11-20/h2-4,14-15,20-21,23-26,29H,5-13,16-19H2,1H3/t20?,21?,23?,24?,25-,26+,29?/m1/s1. The third-order valence-electron chi connectivity index (χ3n) is 10.8. The van der Waals surface area contributed by atoms with E-state index < -0.39 is 0 Å². The molecule has 2 saturated heterocycles. The predicted molar refractivity (Wildman–Crippen MR) is 159 cm³/mol. The van der Waals surface area contributed by atoms with Crippen LogP contribution in [0.4, 0.5) is 0 Å². The molecule has 9 nitrogen and oxygen atoms in total. The maximum Gasteiger partial charge on any atom is 0.240 e. The second-order valence-corrected chi connectivity index (χ2v) is 14.5. The smallest absolute Gasteiger partial charge is 0.240 e. The van der Waals surface area contributed by atoms with Gasteiger partial charge in [0.15, 0.2) is 16.7 Å². The summed E-state index contributed by atoms with van der Waals surface area (Å²) >= 11 is 1.68. The van der Waals surface area contributed by atoms with Crippen molar-refractivity contribution in [3.63, 3.8) is 0 Å². The molecule has 1 aromatic heterocycles. The van der Waals surface area contributed by atoms with Crippen LogP contribution in [0.3, 0.4) is 0 Å². The summed E-state index contributed by atoms with van der Waals surface area (Å²) in [5.74, 6) is 6.08. The van der Waals surface area contributed by atoms with Crippen LogP contribution in [0.5, 0.6) is 17.2 Å². The summed E-state index contributed by atoms with van der Waals surface area (Å²) in [4.78, 5) is 30.3. The molecule has 7 aliphatic rings. The van der Waals surface area contributed by atoms with Crippen LogP contribution < -0.4 is 14.2 Å². The van der Waals surface area contributed by atoms with E-state index in [0.717, 1.165) is 79.6 Å². The number of fused-ring (bicyclic) bond motifs is 1. The lowest BCUT2D eigenvalue weighted by atomic mass is 9.54. The lowest BCUT2D eigenvalue weighted by Gasteiger charge is -2.58. The molecular formula is C32H41N5O4S. The number of hydrogen-bond acceptors (Lipinski definition) is 9. The fourth-order valence-corrected chi connectivity index (χ4v) is 10.4. The van der Waals surface area contributed by atoms with Gasteiger partial charge in [0, 0.05) is 63.0 Å². The number of rotatable bonds is 7. The molecule has 2 atom stereocenters. The first-order valence-electron chi connectivity index (χ1n) is 15.8. The fourth-order valence-electron chi connectivity index (χ4n) is 9.33. The normalized spacial score (nSPS) is 33.8. The lowest BCUT2D eigenvalue weighted by Crippen LogP contribution is -2.61. The first-order chi connectivity index (χ1) is 20.6. The van der Waals surface area contributed by atoms with Gasteiger partial charge in [-0.15, -0.1) is 0 Å². The summed E-state index contributed by atoms with van der Waals surface area (Å²) in [5.41, 5.74) is 1.06. The van der Waals surface area contributed by atoms with E-state index in [1.54, 1.807) is 31.3 Å². The topological polar surface area (TPSA) is 80.3 Å². The van der Waals surface area contributed by atoms with Gasteiger partial charge in [0.2, 0.25) is 18.4 Å². The van der Waals surface area contributed by atoms with Crippen molar-refractivity contribution in [1.82, 2.24) is 24.7 Å². The third-order valence-corrected chi connectivity index (χ3v) is 11.9. The minimum absolute atomic E-state index is 0.171. The third kappa shape index (κ3) is 5.03. The molecule has 42 heavy (non-hydrogen) atoms. The number of nitrogens with zero attached hydrogens (tertiary/aromatic N) is 5. The zero-order valence-electron chi connectivity index (χ0n) is 24.4. The molecule has 0 unspecified atom stereocenters. The summed E-state index contributed by atoms with van der Waals surface area (Å²) < 4.78 is 16.9. The van der Waals surface area contributed by atoms with E-state index in [1.165, 1.54) is 32.1 Å². The van der Waals surface area contributed by atoms with E-state index in [2.05, 4.69) is 24.7 Å². The molecule has 6 fully saturated rings. The molecule has 0 spiro atoms. The maximum atomic E-state index is 14.2. The van der Waals surface area contributed by atoms with E-state index in [-0.39, 0.29) is 24.0 Å². The number of carbonyl (C=O) groups is 1. The Hall–Kier alpha value is -2.56. The monoisotopic (exact) mass is 591 g/mol. The van der Waals surface area contributed by atoms with Gasteiger partial charge in [-0.1, -0.05) is 11.8 Å². The molecule has 2 aromatic rings. The summed E-state index contributed by atoms with van der Waals surface area (Å²) in [5, 5.41) is 1.01. The van der Waals surface area contributed by atoms with Crippen LogP contribution in [0.15, 0.2) is 35.7 Å². The lowest BCUT2D eigenvalue weighted by molar-refractivity contribution is -0.140. The van der Waals surface area contributed by atoms with Gasteiger partial charge in [0.25, 0.3) is 0 Å². The van der Waals surface area contributed by atoms with Crippen LogP contribution in [0.2, 0.25) is 0 Å². The molecule has 9 rings (SSSR count). The first-order valence-corrected chi connectivity index (χ1v) is 16.7. The number of hydrogen-bond donors (Lipinski definition) is 0. The average Bonchev–Trinajstić information content (AvgIpc) is 3.64. The van der Waals surface area contributed by atoms with Gasteiger partial charge >= 0.3 is 0 Å². The Morgan fingerprint density at radius 2 is 1.71 bits per heavy atom. The number of benzene rings is 1. The molecule has 4 heterocycles. The van der Waals surface area contributed by atoms with Crippen molar-refractivity contribution >= 4 is 17.7 Å². The fraction of sp³-hybridized carbons (Fsp3) is 0.656. The zero-order chi connectivity index (χ0) is 28.2. The number of likely N-dealkylation sites (tertiary alicyclic amines) is 1. The first kappa shape index (κ1) is 27.0. The second-order valence-electron chi connectivity index (χ2n) is 13.3. The number of ether oxygens (including phenoxy) is 3. The van der Waals surface area contributed by atoms with Crippen molar-refractivity contribution in [1.29, 1.82) is 0 Å². The molecule has 1 aromatic carbocycles. The van der Waals surface area contributed by atoms with Crippen LogP contribution in [-0.4, -0.2) is 94.5 Å². The van der Waals surface area contributed by atoms with E-state index in [1.807, 2.05) is 18.2 Å². The summed E-state index contributed by atoms with van der Waals surface area (Å²) in [6.45, 7) is 5.34. The molecule has 1 amide bonds. The van der Waals surface area contributed by atoms with E-state index in [4.69, 9.17) is 14.2 Å². The van der Waals surface area contributed by atoms with Gasteiger partial charge < -0.3 is 19.1 Å². The molecular weight excluding hydrogens is 550 g/mol. The van der Waals surface area contributed by atoms with E-state index in [0.29, 0.717) is 23.8 Å². The molecule has 4 aliphatic carbocycles. The van der Waals surface area contributed by atoms with E-state index >= 15 is 0 Å². The van der Waals surface area contributed by atoms with Crippen molar-refractivity contribution < 1.29 is 19.0 Å². The zero-order valence-corrected chi connectivity index (χ0v) is 25.2. The van der Waals surface area contributed by atoms with Gasteiger partial charge in [-0.25, -0.2) is 9.97 Å². The van der Waals surface area contributed by atoms with E-state index in [9.17, 15) is 4.79 Å². The molecule has 224 valence electrons. The molecule has 0 N–H and O–H groups in total. The summed E-state index contributed by atoms with van der Waals surface area (Å²) in [6, 6.07) is 6.46. The van der Waals surface area contributed by atoms with Crippen molar-refractivity contribution in [3.8, 4) is 17.2 Å². The highest BCUT2D eigenvalue weighted by molar-refractivity contribution is 7.99. The highest BCUT2D eigenvalue weighted by Crippen LogP contribution is 2.55. The molecule has 4 saturated carbocycles. The van der Waals surface area contributed by atoms with Gasteiger partial charge in [0.1, 0.15) is 0 Å². The van der Waals surface area contributed by atoms with Crippen LogP contribution in [0.1, 0.15) is 44.1 Å². The van der Waals surface area contributed by atoms with Gasteiger partial charge in [0.05, 0.1) is 13.2 Å². The Bertz CT molecular complexity index is 1280. The van der Waals surface area contributed by atoms with Crippen molar-refractivity contribution in [2.75, 3.05) is 46.6 Å². The molecule has 0 radical (unpaired) electrons. The highest BCUT2D eigenvalue weighted by Gasteiger charge is 2.50. The second kappa shape index (κ2) is 11.2. The highest BCUT2D eigenvalue weighted by atomic mass is 32.2. The van der Waals surface area contributed by atoms with Crippen molar-refractivity contribution in [2.24, 2.45) is 23.7 Å². The Kier molecular flexibility index (Phi) is 7.19. The van der Waals surface area contributed by atoms with Crippen LogP contribution in [0, 0.1) is 23.7 Å². The number of aromatic nitrogens is 2. The number of carbonyl (C=O) groups excluding carboxylic acids is 1.